The molecule has 2 aromatic heterocycles. The van der Waals surface area contributed by atoms with Crippen molar-refractivity contribution in [1.82, 2.24) is 9.97 Å². The molecule has 1 saturated heterocycles. The van der Waals surface area contributed by atoms with Crippen molar-refractivity contribution < 1.29 is 8.42 Å². The van der Waals surface area contributed by atoms with Gasteiger partial charge in [0.1, 0.15) is 10.6 Å². The van der Waals surface area contributed by atoms with Crippen LogP contribution in [0.15, 0.2) is 11.4 Å². The third kappa shape index (κ3) is 2.32. The van der Waals surface area contributed by atoms with E-state index in [1.54, 1.807) is 0 Å². The van der Waals surface area contributed by atoms with Crippen LogP contribution in [0.25, 0.3) is 10.2 Å². The van der Waals surface area contributed by atoms with Gasteiger partial charge in [-0.05, 0) is 17.9 Å². The van der Waals surface area contributed by atoms with Gasteiger partial charge >= 0.3 is 0 Å². The monoisotopic (exact) mass is 313 g/mol. The van der Waals surface area contributed by atoms with Gasteiger partial charge in [-0.2, -0.15) is 4.98 Å². The van der Waals surface area contributed by atoms with E-state index in [-0.39, 0.29) is 17.5 Å². The van der Waals surface area contributed by atoms with Gasteiger partial charge in [0.15, 0.2) is 9.84 Å². The Morgan fingerprint density at radius 1 is 1.50 bits per heavy atom. The Hall–Kier alpha value is -1.45. The fourth-order valence-electron chi connectivity index (χ4n) is 2.43. The summed E-state index contributed by atoms with van der Waals surface area (Å²) in [7, 11) is -1.06. The molecule has 0 spiro atoms. The quantitative estimate of drug-likeness (QED) is 0.632. The van der Waals surface area contributed by atoms with Crippen LogP contribution in [0.4, 0.5) is 11.8 Å². The summed E-state index contributed by atoms with van der Waals surface area (Å²) in [6.45, 7) is 0. The summed E-state index contributed by atoms with van der Waals surface area (Å²) in [6.07, 6.45) is 0.625. The first kappa shape index (κ1) is 13.5. The highest BCUT2D eigenvalue weighted by Gasteiger charge is 2.32. The molecule has 1 atom stereocenters. The van der Waals surface area contributed by atoms with Gasteiger partial charge in [-0.1, -0.05) is 0 Å². The number of nitrogens with zero attached hydrogens (tertiary/aromatic N) is 3. The minimum Gasteiger partial charge on any atom is -0.355 e. The molecular weight excluding hydrogens is 298 g/mol. The Bertz CT molecular complexity index is 742. The van der Waals surface area contributed by atoms with Gasteiger partial charge in [0.25, 0.3) is 0 Å². The second-order valence-electron chi connectivity index (χ2n) is 4.82. The molecule has 0 saturated carbocycles. The first-order valence-electron chi connectivity index (χ1n) is 6.15. The molecule has 7 nitrogen and oxygen atoms in total. The average molecular weight is 313 g/mol. The summed E-state index contributed by atoms with van der Waals surface area (Å²) < 4.78 is 23.2. The number of aromatic nitrogens is 2. The first-order chi connectivity index (χ1) is 9.50. The van der Waals surface area contributed by atoms with Crippen molar-refractivity contribution >= 4 is 43.2 Å². The Morgan fingerprint density at radius 2 is 2.30 bits per heavy atom. The van der Waals surface area contributed by atoms with Crippen LogP contribution in [0, 0.1) is 0 Å². The average Bonchev–Trinajstić information content (AvgIpc) is 3.02. The molecule has 1 unspecified atom stereocenters. The summed E-state index contributed by atoms with van der Waals surface area (Å²) in [5.41, 5.74) is 2.45. The number of rotatable bonds is 3. The van der Waals surface area contributed by atoms with Crippen LogP contribution in [-0.2, 0) is 9.84 Å². The van der Waals surface area contributed by atoms with Gasteiger partial charge in [0.05, 0.1) is 16.9 Å². The zero-order valence-electron chi connectivity index (χ0n) is 10.9. The van der Waals surface area contributed by atoms with Crippen molar-refractivity contribution in [3.05, 3.63) is 11.4 Å². The maximum Gasteiger partial charge on any atom is 0.240 e. The van der Waals surface area contributed by atoms with E-state index >= 15 is 0 Å². The van der Waals surface area contributed by atoms with Crippen LogP contribution in [0.3, 0.4) is 0 Å². The van der Waals surface area contributed by atoms with E-state index in [4.69, 9.17) is 5.84 Å². The molecule has 108 valence electrons. The van der Waals surface area contributed by atoms with Crippen molar-refractivity contribution in [3.8, 4) is 0 Å². The lowest BCUT2D eigenvalue weighted by Gasteiger charge is -2.25. The summed E-state index contributed by atoms with van der Waals surface area (Å²) in [5.74, 6) is 6.85. The molecular formula is C11H15N5O2S2. The van der Waals surface area contributed by atoms with Crippen LogP contribution < -0.4 is 16.2 Å². The number of anilines is 2. The summed E-state index contributed by atoms with van der Waals surface area (Å²) in [4.78, 5) is 11.4. The topological polar surface area (TPSA) is 101 Å². The van der Waals surface area contributed by atoms with Crippen molar-refractivity contribution in [2.75, 3.05) is 28.9 Å². The fourth-order valence-corrected chi connectivity index (χ4v) is 4.96. The number of nitrogens with one attached hydrogen (secondary N) is 1. The number of thiophene rings is 1. The molecule has 1 aliphatic heterocycles. The van der Waals surface area contributed by atoms with Gasteiger partial charge in [0, 0.05) is 13.1 Å². The molecule has 20 heavy (non-hydrogen) atoms. The van der Waals surface area contributed by atoms with E-state index in [1.807, 2.05) is 23.4 Å². The Morgan fingerprint density at radius 3 is 2.95 bits per heavy atom. The number of fused-ring (bicyclic) bond motifs is 1. The molecule has 3 rings (SSSR count). The van der Waals surface area contributed by atoms with Crippen molar-refractivity contribution in [2.24, 2.45) is 5.84 Å². The lowest BCUT2D eigenvalue weighted by molar-refractivity contribution is 0.600. The Kier molecular flexibility index (Phi) is 3.27. The highest BCUT2D eigenvalue weighted by Crippen LogP contribution is 2.31. The highest BCUT2D eigenvalue weighted by molar-refractivity contribution is 7.91. The van der Waals surface area contributed by atoms with E-state index in [0.717, 1.165) is 10.2 Å². The van der Waals surface area contributed by atoms with Crippen molar-refractivity contribution in [2.45, 2.75) is 12.5 Å². The summed E-state index contributed by atoms with van der Waals surface area (Å²) in [5, 5.41) is 2.85. The van der Waals surface area contributed by atoms with E-state index in [9.17, 15) is 8.42 Å². The molecule has 0 bridgehead atoms. The van der Waals surface area contributed by atoms with Gasteiger partial charge in [0.2, 0.25) is 5.95 Å². The maximum absolute atomic E-state index is 11.6. The van der Waals surface area contributed by atoms with E-state index in [0.29, 0.717) is 18.2 Å². The molecule has 3 N–H and O–H groups in total. The van der Waals surface area contributed by atoms with Gasteiger partial charge in [-0.15, -0.1) is 11.3 Å². The number of hydrogen-bond donors (Lipinski definition) is 2. The van der Waals surface area contributed by atoms with Crippen LogP contribution in [0.5, 0.6) is 0 Å². The predicted molar refractivity (Wildman–Crippen MR) is 80.7 cm³/mol. The van der Waals surface area contributed by atoms with Gasteiger partial charge < -0.3 is 4.90 Å². The largest absolute Gasteiger partial charge is 0.355 e. The smallest absolute Gasteiger partial charge is 0.240 e. The van der Waals surface area contributed by atoms with E-state index in [2.05, 4.69) is 15.4 Å². The SMILES string of the molecule is CN(c1nc(NN)nc2sccc12)C1CCS(=O)(=O)C1. The lowest BCUT2D eigenvalue weighted by atomic mass is 10.2. The highest BCUT2D eigenvalue weighted by atomic mass is 32.2. The number of hydrazine groups is 1. The zero-order chi connectivity index (χ0) is 14.3. The number of nitrogen functional groups attached to an aromatic ring is 1. The number of sulfone groups is 1. The van der Waals surface area contributed by atoms with E-state index in [1.165, 1.54) is 11.3 Å². The zero-order valence-corrected chi connectivity index (χ0v) is 12.5. The van der Waals surface area contributed by atoms with Crippen molar-refractivity contribution in [1.29, 1.82) is 0 Å². The third-order valence-corrected chi connectivity index (χ3v) is 6.08. The van der Waals surface area contributed by atoms with Crippen LogP contribution >= 0.6 is 11.3 Å². The van der Waals surface area contributed by atoms with E-state index < -0.39 is 9.84 Å². The molecule has 0 aliphatic carbocycles. The van der Waals surface area contributed by atoms with Gasteiger partial charge in [-0.3, -0.25) is 5.43 Å². The molecule has 0 amide bonds. The minimum atomic E-state index is -2.93. The second kappa shape index (κ2) is 4.83. The molecule has 0 radical (unpaired) electrons. The Labute approximate surface area is 120 Å². The molecule has 9 heteroatoms. The molecule has 1 fully saturated rings. The molecule has 0 aromatic carbocycles. The molecule has 2 aromatic rings. The minimum absolute atomic E-state index is 0.0522. The molecule has 1 aliphatic rings. The van der Waals surface area contributed by atoms with Crippen molar-refractivity contribution in [3.63, 3.8) is 0 Å². The predicted octanol–water partition coefficient (Wildman–Crippen LogP) is 0.600. The second-order valence-corrected chi connectivity index (χ2v) is 7.95. The standard InChI is InChI=1S/C11H15N5O2S2/c1-16(7-3-5-20(17,18)6-7)9-8-2-4-19-10(8)14-11(13-9)15-12/h2,4,7H,3,5-6,12H2,1H3,(H,13,14,15). The number of nitrogens with two attached hydrogens (primary N) is 1. The van der Waals surface area contributed by atoms with Crippen LogP contribution in [0.2, 0.25) is 0 Å². The lowest BCUT2D eigenvalue weighted by Crippen LogP contribution is -2.33. The van der Waals surface area contributed by atoms with Crippen LogP contribution in [-0.4, -0.2) is 43.0 Å². The fraction of sp³-hybridized carbons (Fsp3) is 0.455. The normalized spacial score (nSPS) is 21.2. The summed E-state index contributed by atoms with van der Waals surface area (Å²) >= 11 is 1.50. The Balaban J connectivity index is 2.02. The first-order valence-corrected chi connectivity index (χ1v) is 8.85. The number of hydrogen-bond acceptors (Lipinski definition) is 8. The van der Waals surface area contributed by atoms with Gasteiger partial charge in [-0.25, -0.2) is 19.2 Å². The van der Waals surface area contributed by atoms with Crippen LogP contribution in [0.1, 0.15) is 6.42 Å². The summed E-state index contributed by atoms with van der Waals surface area (Å²) in [6, 6.07) is 1.89. The maximum atomic E-state index is 11.6. The third-order valence-electron chi connectivity index (χ3n) is 3.52. The molecule has 3 heterocycles.